The van der Waals surface area contributed by atoms with Gasteiger partial charge in [0.1, 0.15) is 11.9 Å². The minimum absolute atomic E-state index is 0.196. The molecule has 1 aliphatic rings. The molecule has 3 rings (SSSR count). The fourth-order valence-corrected chi connectivity index (χ4v) is 5.47. The van der Waals surface area contributed by atoms with E-state index in [9.17, 15) is 9.90 Å². The second-order valence-corrected chi connectivity index (χ2v) is 11.4. The number of carbonyl (C=O) groups is 1. The van der Waals surface area contributed by atoms with Crippen LogP contribution in [-0.2, 0) is 15.1 Å². The van der Waals surface area contributed by atoms with E-state index in [-0.39, 0.29) is 6.10 Å². The number of hydrogen-bond donors (Lipinski definition) is 1. The van der Waals surface area contributed by atoms with Crippen molar-refractivity contribution in [3.8, 4) is 16.9 Å². The summed E-state index contributed by atoms with van der Waals surface area (Å²) in [5.41, 5.74) is 2.26. The third-order valence-electron chi connectivity index (χ3n) is 8.12. The van der Waals surface area contributed by atoms with E-state index in [1.165, 1.54) is 57.8 Å². The number of benzene rings is 2. The van der Waals surface area contributed by atoms with Crippen LogP contribution in [-0.4, -0.2) is 30.6 Å². The zero-order chi connectivity index (χ0) is 28.5. The molecule has 5 nitrogen and oxygen atoms in total. The predicted octanol–water partition coefficient (Wildman–Crippen LogP) is 9.74. The highest BCUT2D eigenvalue weighted by molar-refractivity contribution is 5.64. The third-order valence-corrected chi connectivity index (χ3v) is 8.12. The molecule has 2 aromatic carbocycles. The number of carbonyl (C=O) groups excluding carboxylic acids is 1. The second-order valence-electron chi connectivity index (χ2n) is 11.4. The van der Waals surface area contributed by atoms with Crippen molar-refractivity contribution in [1.29, 1.82) is 0 Å². The van der Waals surface area contributed by atoms with Gasteiger partial charge in [0, 0.05) is 0 Å². The summed E-state index contributed by atoms with van der Waals surface area (Å²) in [4.78, 5) is 12.1. The molecule has 0 amide bonds. The molecule has 5 heteroatoms. The highest BCUT2D eigenvalue weighted by atomic mass is 16.7. The van der Waals surface area contributed by atoms with Crippen LogP contribution in [0.3, 0.4) is 0 Å². The predicted molar refractivity (Wildman–Crippen MR) is 163 cm³/mol. The maximum Gasteiger partial charge on any atom is 0.508 e. The Hall–Kier alpha value is -2.53. The van der Waals surface area contributed by atoms with E-state index >= 15 is 0 Å². The van der Waals surface area contributed by atoms with E-state index in [0.29, 0.717) is 32.3 Å². The molecule has 0 aliphatic heterocycles. The number of hydrogen-bond acceptors (Lipinski definition) is 5. The van der Waals surface area contributed by atoms with Crippen LogP contribution in [0.4, 0.5) is 4.79 Å². The van der Waals surface area contributed by atoms with E-state index in [2.05, 4.69) is 38.1 Å². The van der Waals surface area contributed by atoms with Crippen LogP contribution in [0.2, 0.25) is 0 Å². The van der Waals surface area contributed by atoms with E-state index < -0.39 is 11.8 Å². The average Bonchev–Trinajstić information content (AvgIpc) is 2.98. The Balaban J connectivity index is 1.37. The Kier molecular flexibility index (Phi) is 14.4. The van der Waals surface area contributed by atoms with Gasteiger partial charge in [-0.25, -0.2) is 4.79 Å². The fourth-order valence-electron chi connectivity index (χ4n) is 5.47. The van der Waals surface area contributed by atoms with Gasteiger partial charge in [-0.1, -0.05) is 114 Å². The minimum atomic E-state index is -0.894. The van der Waals surface area contributed by atoms with Crippen molar-refractivity contribution < 1.29 is 24.1 Å². The van der Waals surface area contributed by atoms with Crippen LogP contribution in [0, 0.1) is 0 Å². The van der Waals surface area contributed by atoms with Crippen molar-refractivity contribution in [2.24, 2.45) is 0 Å². The lowest BCUT2D eigenvalue weighted by molar-refractivity contribution is -0.0538. The third kappa shape index (κ3) is 11.2. The zero-order valence-corrected chi connectivity index (χ0v) is 25.0. The summed E-state index contributed by atoms with van der Waals surface area (Å²) in [6, 6.07) is 16.4. The quantitative estimate of drug-likeness (QED) is 0.147. The minimum Gasteiger partial charge on any atom is -0.494 e. The van der Waals surface area contributed by atoms with E-state index in [1.54, 1.807) is 0 Å². The van der Waals surface area contributed by atoms with Crippen molar-refractivity contribution in [3.05, 3.63) is 54.1 Å². The summed E-state index contributed by atoms with van der Waals surface area (Å²) in [5, 5.41) is 11.3. The topological polar surface area (TPSA) is 65.0 Å². The molecule has 1 saturated carbocycles. The molecule has 1 N–H and O–H groups in total. The van der Waals surface area contributed by atoms with Crippen LogP contribution >= 0.6 is 0 Å². The van der Waals surface area contributed by atoms with Gasteiger partial charge in [-0.05, 0) is 67.3 Å². The SMILES string of the molecule is CCCCCCCCOC(=O)OC1CCC(O)(c2ccc(-c3ccc(OCCCCCCCC)cc3)cc2)CC1. The number of rotatable bonds is 18. The molecule has 0 spiro atoms. The maximum absolute atomic E-state index is 12.1. The summed E-state index contributed by atoms with van der Waals surface area (Å²) in [7, 11) is 0. The van der Waals surface area contributed by atoms with Crippen LogP contribution in [0.5, 0.6) is 5.75 Å². The lowest BCUT2D eigenvalue weighted by atomic mass is 9.78. The molecule has 0 aromatic heterocycles. The number of ether oxygens (including phenoxy) is 3. The second kappa shape index (κ2) is 18.0. The Bertz CT molecular complexity index is 945. The molecule has 0 atom stereocenters. The molecule has 0 heterocycles. The smallest absolute Gasteiger partial charge is 0.494 e. The van der Waals surface area contributed by atoms with Gasteiger partial charge >= 0.3 is 6.16 Å². The standard InChI is InChI=1S/C35H52O5/c1-3-5-7-9-11-13-27-38-32-21-17-30(18-22-32)29-15-19-31(20-16-29)35(37)25-23-33(24-26-35)40-34(36)39-28-14-12-10-8-6-4-2/h15-22,33,37H,3-14,23-28H2,1-2H3. The van der Waals surface area contributed by atoms with Crippen molar-refractivity contribution in [3.63, 3.8) is 0 Å². The molecule has 2 aromatic rings. The summed E-state index contributed by atoms with van der Waals surface area (Å²) in [5.74, 6) is 0.911. The van der Waals surface area contributed by atoms with Crippen molar-refractivity contribution in [1.82, 2.24) is 0 Å². The Morgan fingerprint density at radius 3 is 1.80 bits per heavy atom. The monoisotopic (exact) mass is 552 g/mol. The van der Waals surface area contributed by atoms with Gasteiger partial charge in [0.2, 0.25) is 0 Å². The first-order chi connectivity index (χ1) is 19.5. The first-order valence-corrected chi connectivity index (χ1v) is 15.9. The average molecular weight is 553 g/mol. The normalized spacial score (nSPS) is 18.8. The summed E-state index contributed by atoms with van der Waals surface area (Å²) in [6.07, 6.45) is 16.1. The zero-order valence-electron chi connectivity index (χ0n) is 25.0. The van der Waals surface area contributed by atoms with Crippen LogP contribution in [0.1, 0.15) is 122 Å². The first-order valence-electron chi connectivity index (χ1n) is 15.9. The Morgan fingerprint density at radius 1 is 0.725 bits per heavy atom. The molecular formula is C35H52O5. The van der Waals surface area contributed by atoms with Crippen LogP contribution < -0.4 is 4.74 Å². The maximum atomic E-state index is 12.1. The molecular weight excluding hydrogens is 500 g/mol. The van der Waals surface area contributed by atoms with Gasteiger partial charge in [0.25, 0.3) is 0 Å². The van der Waals surface area contributed by atoms with Gasteiger partial charge in [-0.15, -0.1) is 0 Å². The molecule has 1 fully saturated rings. The van der Waals surface area contributed by atoms with Crippen LogP contribution in [0.25, 0.3) is 11.1 Å². The Labute approximate surface area is 242 Å². The lowest BCUT2D eigenvalue weighted by Gasteiger charge is -2.36. The summed E-state index contributed by atoms with van der Waals surface area (Å²) >= 11 is 0. The molecule has 0 saturated heterocycles. The van der Waals surface area contributed by atoms with Gasteiger partial charge in [-0.3, -0.25) is 0 Å². The van der Waals surface area contributed by atoms with Crippen molar-refractivity contribution in [2.45, 2.75) is 128 Å². The van der Waals surface area contributed by atoms with E-state index in [0.717, 1.165) is 48.3 Å². The van der Waals surface area contributed by atoms with Gasteiger partial charge in [0.15, 0.2) is 0 Å². The highest BCUT2D eigenvalue weighted by Crippen LogP contribution is 2.39. The van der Waals surface area contributed by atoms with Crippen LogP contribution in [0.15, 0.2) is 48.5 Å². The van der Waals surface area contributed by atoms with Gasteiger partial charge < -0.3 is 19.3 Å². The number of aliphatic hydroxyl groups is 1. The van der Waals surface area contributed by atoms with Gasteiger partial charge in [0.05, 0.1) is 18.8 Å². The largest absolute Gasteiger partial charge is 0.508 e. The fraction of sp³-hybridized carbons (Fsp3) is 0.629. The molecule has 0 unspecified atom stereocenters. The molecule has 1 aliphatic carbocycles. The molecule has 222 valence electrons. The lowest BCUT2D eigenvalue weighted by Crippen LogP contribution is -2.35. The molecule has 0 bridgehead atoms. The highest BCUT2D eigenvalue weighted by Gasteiger charge is 2.36. The summed E-state index contributed by atoms with van der Waals surface area (Å²) in [6.45, 7) is 5.63. The molecule has 40 heavy (non-hydrogen) atoms. The van der Waals surface area contributed by atoms with E-state index in [1.807, 2.05) is 24.3 Å². The van der Waals surface area contributed by atoms with Crippen molar-refractivity contribution >= 4 is 6.16 Å². The van der Waals surface area contributed by atoms with Crippen molar-refractivity contribution in [2.75, 3.05) is 13.2 Å². The molecule has 0 radical (unpaired) electrons. The van der Waals surface area contributed by atoms with E-state index in [4.69, 9.17) is 14.2 Å². The Morgan fingerprint density at radius 2 is 1.23 bits per heavy atom. The van der Waals surface area contributed by atoms with Gasteiger partial charge in [-0.2, -0.15) is 0 Å². The first kappa shape index (κ1) is 32.0. The number of unbranched alkanes of at least 4 members (excludes halogenated alkanes) is 10. The summed E-state index contributed by atoms with van der Waals surface area (Å²) < 4.78 is 16.7.